The third-order valence-corrected chi connectivity index (χ3v) is 5.01. The van der Waals surface area contributed by atoms with Crippen molar-refractivity contribution in [3.63, 3.8) is 0 Å². The summed E-state index contributed by atoms with van der Waals surface area (Å²) in [4.78, 5) is 8.66. The first-order valence-corrected chi connectivity index (χ1v) is 8.92. The van der Waals surface area contributed by atoms with Gasteiger partial charge in [-0.3, -0.25) is 9.97 Å². The summed E-state index contributed by atoms with van der Waals surface area (Å²) >= 11 is 0. The maximum Gasteiger partial charge on any atom is 2.00 e. The molecular weight excluding hydrogens is 515 g/mol. The third-order valence-electron chi connectivity index (χ3n) is 5.01. The second-order valence-electron chi connectivity index (χ2n) is 6.53. The number of hydrogen-bond acceptors (Lipinski definition) is 2. The smallest absolute Gasteiger partial charge is 0.371 e. The number of aryl methyl sites for hydroxylation is 4. The largest absolute Gasteiger partial charge is 2.00 e. The number of hydrogen-bond donors (Lipinski definition) is 0. The Hall–Kier alpha value is -2.45. The Balaban J connectivity index is 0.000000129. The van der Waals surface area contributed by atoms with Gasteiger partial charge >= 0.3 is 21.1 Å². The van der Waals surface area contributed by atoms with Gasteiger partial charge in [0.2, 0.25) is 0 Å². The van der Waals surface area contributed by atoms with Crippen molar-refractivity contribution in [2.45, 2.75) is 25.9 Å². The molecule has 0 aliphatic carbocycles. The Kier molecular flexibility index (Phi) is 5.09. The molecule has 0 atom stereocenters. The van der Waals surface area contributed by atoms with E-state index in [9.17, 15) is 0 Å². The van der Waals surface area contributed by atoms with E-state index >= 15 is 0 Å². The molecule has 4 nitrogen and oxygen atoms in total. The zero-order valence-corrected chi connectivity index (χ0v) is 17.0. The van der Waals surface area contributed by atoms with Crippen molar-refractivity contribution in [2.24, 2.45) is 0 Å². The summed E-state index contributed by atoms with van der Waals surface area (Å²) < 4.78 is 4.36. The van der Waals surface area contributed by atoms with Crippen molar-refractivity contribution in [3.8, 4) is 22.8 Å². The van der Waals surface area contributed by atoms with E-state index in [-0.39, 0.29) is 21.1 Å². The SMILES string of the molecule is [Pt+2].[c-]1cccc2c1-c1nccn1CC2.[c-]1cccc2c1-c1nccn1CC2. The zero-order chi connectivity index (χ0) is 17.3. The van der Waals surface area contributed by atoms with Crippen LogP contribution in [0.2, 0.25) is 0 Å². The van der Waals surface area contributed by atoms with Crippen LogP contribution in [0.25, 0.3) is 22.8 Å². The molecular formula is C22H18N4Pt. The van der Waals surface area contributed by atoms with Gasteiger partial charge in [0.05, 0.1) is 11.6 Å². The van der Waals surface area contributed by atoms with Crippen molar-refractivity contribution in [1.82, 2.24) is 19.1 Å². The predicted octanol–water partition coefficient (Wildman–Crippen LogP) is 3.81. The van der Waals surface area contributed by atoms with E-state index in [0.29, 0.717) is 0 Å². The third kappa shape index (κ3) is 3.30. The fourth-order valence-corrected chi connectivity index (χ4v) is 3.69. The Morgan fingerprint density at radius 2 is 1.22 bits per heavy atom. The first-order chi connectivity index (χ1) is 12.9. The average Bonchev–Trinajstić information content (AvgIpc) is 3.38. The molecule has 5 heteroatoms. The van der Waals surface area contributed by atoms with Crippen LogP contribution in [0.15, 0.2) is 61.2 Å². The van der Waals surface area contributed by atoms with E-state index in [0.717, 1.165) is 37.6 Å². The van der Waals surface area contributed by atoms with Crippen LogP contribution in [0.4, 0.5) is 0 Å². The van der Waals surface area contributed by atoms with E-state index in [1.165, 1.54) is 22.3 Å². The van der Waals surface area contributed by atoms with Gasteiger partial charge in [-0.1, -0.05) is 0 Å². The summed E-state index contributed by atoms with van der Waals surface area (Å²) in [5.41, 5.74) is 5.06. The Bertz CT molecular complexity index is 978. The van der Waals surface area contributed by atoms with Crippen LogP contribution in [0.1, 0.15) is 11.1 Å². The normalized spacial score (nSPS) is 13.0. The van der Waals surface area contributed by atoms with E-state index in [1.807, 2.05) is 49.1 Å². The molecule has 0 spiro atoms. The van der Waals surface area contributed by atoms with Gasteiger partial charge < -0.3 is 9.13 Å². The van der Waals surface area contributed by atoms with Crippen molar-refractivity contribution in [2.75, 3.05) is 0 Å². The molecule has 2 aliphatic rings. The molecule has 0 N–H and O–H groups in total. The molecule has 0 radical (unpaired) electrons. The monoisotopic (exact) mass is 533 g/mol. The van der Waals surface area contributed by atoms with E-state index in [2.05, 4.69) is 43.4 Å². The van der Waals surface area contributed by atoms with Gasteiger partial charge in [-0.2, -0.15) is 0 Å². The fraction of sp³-hybridized carbons (Fsp3) is 0.182. The Morgan fingerprint density at radius 1 is 0.741 bits per heavy atom. The first-order valence-electron chi connectivity index (χ1n) is 8.92. The van der Waals surface area contributed by atoms with Crippen LogP contribution in [0, 0.1) is 12.1 Å². The molecule has 27 heavy (non-hydrogen) atoms. The summed E-state index contributed by atoms with van der Waals surface area (Å²) in [5.74, 6) is 2.11. The second kappa shape index (κ2) is 7.65. The topological polar surface area (TPSA) is 35.6 Å². The van der Waals surface area contributed by atoms with E-state index in [4.69, 9.17) is 0 Å². The minimum Gasteiger partial charge on any atom is -0.371 e. The molecule has 0 bridgehead atoms. The maximum atomic E-state index is 4.33. The first kappa shape index (κ1) is 17.9. The van der Waals surface area contributed by atoms with Crippen molar-refractivity contribution in [1.29, 1.82) is 0 Å². The molecule has 0 amide bonds. The fourth-order valence-electron chi connectivity index (χ4n) is 3.69. The Labute approximate surface area is 173 Å². The van der Waals surface area contributed by atoms with Crippen LogP contribution in [-0.2, 0) is 47.0 Å². The standard InChI is InChI=1S/2C11H9N2.Pt/c2*1-2-4-10-9(3-1)5-7-13-8-6-12-11(10)13;/h2*1-3,6,8H,5,7H2;/q2*-1;+2. The number of rotatable bonds is 0. The van der Waals surface area contributed by atoms with Gasteiger partial charge in [-0.05, 0) is 12.8 Å². The van der Waals surface area contributed by atoms with Gasteiger partial charge in [-0.25, -0.2) is 0 Å². The molecule has 0 saturated carbocycles. The molecule has 2 aliphatic heterocycles. The van der Waals surface area contributed by atoms with E-state index < -0.39 is 0 Å². The quantitative estimate of drug-likeness (QED) is 0.323. The summed E-state index contributed by atoms with van der Waals surface area (Å²) in [6.07, 6.45) is 9.95. The summed E-state index contributed by atoms with van der Waals surface area (Å²) in [5, 5.41) is 0. The summed E-state index contributed by atoms with van der Waals surface area (Å²) in [7, 11) is 0. The van der Waals surface area contributed by atoms with Crippen molar-refractivity contribution >= 4 is 0 Å². The molecule has 0 fully saturated rings. The molecule has 4 aromatic rings. The molecule has 6 rings (SSSR count). The molecule has 2 aromatic carbocycles. The van der Waals surface area contributed by atoms with Crippen LogP contribution in [-0.4, -0.2) is 19.1 Å². The van der Waals surface area contributed by atoms with Crippen LogP contribution in [0.3, 0.4) is 0 Å². The van der Waals surface area contributed by atoms with Crippen LogP contribution >= 0.6 is 0 Å². The van der Waals surface area contributed by atoms with Gasteiger partial charge in [0.15, 0.2) is 0 Å². The second-order valence-corrected chi connectivity index (χ2v) is 6.53. The minimum atomic E-state index is 0. The van der Waals surface area contributed by atoms with Gasteiger partial charge in [0, 0.05) is 37.9 Å². The molecule has 0 unspecified atom stereocenters. The molecule has 4 heterocycles. The van der Waals surface area contributed by atoms with E-state index in [1.54, 1.807) is 0 Å². The van der Waals surface area contributed by atoms with Crippen LogP contribution in [0.5, 0.6) is 0 Å². The Morgan fingerprint density at radius 3 is 1.70 bits per heavy atom. The number of benzene rings is 2. The zero-order valence-electron chi connectivity index (χ0n) is 14.7. The maximum absolute atomic E-state index is 4.33. The van der Waals surface area contributed by atoms with Gasteiger partial charge in [0.25, 0.3) is 0 Å². The minimum absolute atomic E-state index is 0. The number of nitrogens with zero attached hydrogens (tertiary/aromatic N) is 4. The summed E-state index contributed by atoms with van der Waals surface area (Å²) in [6, 6.07) is 18.8. The predicted molar refractivity (Wildman–Crippen MR) is 100 cm³/mol. The van der Waals surface area contributed by atoms with Crippen molar-refractivity contribution in [3.05, 3.63) is 84.4 Å². The molecule has 0 saturated heterocycles. The number of aromatic nitrogens is 4. The van der Waals surface area contributed by atoms with Crippen LogP contribution < -0.4 is 0 Å². The van der Waals surface area contributed by atoms with Gasteiger partial charge in [0.1, 0.15) is 0 Å². The summed E-state index contributed by atoms with van der Waals surface area (Å²) in [6.45, 7) is 2.08. The molecule has 136 valence electrons. The van der Waals surface area contributed by atoms with Gasteiger partial charge in [-0.15, -0.1) is 70.8 Å². The number of imidazole rings is 2. The van der Waals surface area contributed by atoms with Crippen molar-refractivity contribution < 1.29 is 21.1 Å². The molecule has 2 aromatic heterocycles. The average molecular weight is 533 g/mol. The number of fused-ring (bicyclic) bond motifs is 6.